The number of pyridine rings is 1. The molecule has 0 atom stereocenters. The molecule has 0 aliphatic heterocycles. The first-order valence-electron chi connectivity index (χ1n) is 8.83. The van der Waals surface area contributed by atoms with Crippen molar-refractivity contribution in [3.05, 3.63) is 65.7 Å². The lowest BCUT2D eigenvalue weighted by molar-refractivity contribution is 0.726. The Labute approximate surface area is 176 Å². The van der Waals surface area contributed by atoms with Crippen LogP contribution < -0.4 is 11.1 Å². The Bertz CT molecular complexity index is 1370. The van der Waals surface area contributed by atoms with Gasteiger partial charge in [-0.1, -0.05) is 11.8 Å². The standard InChI is InChI=1S/C19H15BrN4O2S2/c1-23-18(26)16-12-3-2-4-13(12)28-17(16)22-19(23)27-9-11-7-15(25)24-8-10(20)5-6-14(24)21-11/h5-8H,2-4,9H2,1H3. The highest BCUT2D eigenvalue weighted by Crippen LogP contribution is 2.35. The van der Waals surface area contributed by atoms with Crippen LogP contribution >= 0.6 is 39.0 Å². The Balaban J connectivity index is 1.50. The van der Waals surface area contributed by atoms with Crippen LogP contribution in [0, 0.1) is 0 Å². The van der Waals surface area contributed by atoms with E-state index in [2.05, 4.69) is 20.9 Å². The van der Waals surface area contributed by atoms with E-state index in [4.69, 9.17) is 4.98 Å². The van der Waals surface area contributed by atoms with Gasteiger partial charge in [0.25, 0.3) is 11.1 Å². The third kappa shape index (κ3) is 2.92. The van der Waals surface area contributed by atoms with Crippen LogP contribution in [0.15, 0.2) is 43.6 Å². The molecule has 4 aromatic heterocycles. The van der Waals surface area contributed by atoms with Gasteiger partial charge in [-0.25, -0.2) is 9.97 Å². The van der Waals surface area contributed by atoms with E-state index < -0.39 is 0 Å². The fourth-order valence-corrected chi connectivity index (χ4v) is 6.08. The van der Waals surface area contributed by atoms with Crippen LogP contribution in [0.25, 0.3) is 15.9 Å². The molecule has 1 aliphatic rings. The fourth-order valence-electron chi connectivity index (χ4n) is 3.57. The smallest absolute Gasteiger partial charge is 0.262 e. The molecule has 0 radical (unpaired) electrons. The van der Waals surface area contributed by atoms with Crippen molar-refractivity contribution in [1.82, 2.24) is 18.9 Å². The second-order valence-corrected chi connectivity index (χ2v) is 9.69. The molecule has 0 aromatic carbocycles. The zero-order valence-corrected chi connectivity index (χ0v) is 18.2. The van der Waals surface area contributed by atoms with E-state index in [0.717, 1.165) is 34.0 Å². The van der Waals surface area contributed by atoms with Gasteiger partial charge in [0.1, 0.15) is 10.5 Å². The van der Waals surface area contributed by atoms with E-state index in [1.807, 2.05) is 6.07 Å². The van der Waals surface area contributed by atoms with Gasteiger partial charge < -0.3 is 0 Å². The molecule has 0 saturated carbocycles. The quantitative estimate of drug-likeness (QED) is 0.335. The molecule has 0 bridgehead atoms. The lowest BCUT2D eigenvalue weighted by Gasteiger charge is -2.08. The van der Waals surface area contributed by atoms with Crippen LogP contribution in [0.4, 0.5) is 0 Å². The van der Waals surface area contributed by atoms with Crippen molar-refractivity contribution in [2.24, 2.45) is 7.05 Å². The lowest BCUT2D eigenvalue weighted by atomic mass is 10.2. The number of halogens is 1. The number of hydrogen-bond donors (Lipinski definition) is 0. The van der Waals surface area contributed by atoms with Gasteiger partial charge >= 0.3 is 0 Å². The number of aryl methyl sites for hydroxylation is 2. The summed E-state index contributed by atoms with van der Waals surface area (Å²) in [4.78, 5) is 36.7. The van der Waals surface area contributed by atoms with Gasteiger partial charge in [-0.3, -0.25) is 18.6 Å². The van der Waals surface area contributed by atoms with Crippen molar-refractivity contribution in [1.29, 1.82) is 0 Å². The maximum Gasteiger partial charge on any atom is 0.262 e. The van der Waals surface area contributed by atoms with Gasteiger partial charge in [0.05, 0.1) is 11.1 Å². The highest BCUT2D eigenvalue weighted by molar-refractivity contribution is 9.10. The number of hydrogen-bond acceptors (Lipinski definition) is 6. The first-order chi connectivity index (χ1) is 13.5. The normalized spacial score (nSPS) is 13.5. The molecule has 6 nitrogen and oxygen atoms in total. The number of thioether (sulfide) groups is 1. The molecule has 0 N–H and O–H groups in total. The minimum atomic E-state index is -0.131. The molecular formula is C19H15BrN4O2S2. The number of thiophene rings is 1. The van der Waals surface area contributed by atoms with Crippen LogP contribution in [0.1, 0.15) is 22.6 Å². The van der Waals surface area contributed by atoms with Crippen molar-refractivity contribution in [3.8, 4) is 0 Å². The summed E-state index contributed by atoms with van der Waals surface area (Å²) in [6, 6.07) is 5.18. The molecule has 0 unspecified atom stereocenters. The molecular weight excluding hydrogens is 460 g/mol. The number of aromatic nitrogens is 4. The Morgan fingerprint density at radius 2 is 2.11 bits per heavy atom. The summed E-state index contributed by atoms with van der Waals surface area (Å²) in [5, 5.41) is 1.44. The van der Waals surface area contributed by atoms with Crippen molar-refractivity contribution >= 4 is 54.9 Å². The summed E-state index contributed by atoms with van der Waals surface area (Å²) in [6.45, 7) is 0. The largest absolute Gasteiger partial charge is 0.290 e. The van der Waals surface area contributed by atoms with E-state index in [-0.39, 0.29) is 11.1 Å². The summed E-state index contributed by atoms with van der Waals surface area (Å²) in [5.41, 5.74) is 2.34. The van der Waals surface area contributed by atoms with E-state index in [1.165, 1.54) is 32.7 Å². The molecule has 4 heterocycles. The fraction of sp³-hybridized carbons (Fsp3) is 0.263. The zero-order chi connectivity index (χ0) is 19.4. The summed E-state index contributed by atoms with van der Waals surface area (Å²) >= 11 is 6.43. The topological polar surface area (TPSA) is 69.3 Å². The van der Waals surface area contributed by atoms with Crippen molar-refractivity contribution < 1.29 is 0 Å². The van der Waals surface area contributed by atoms with Crippen molar-refractivity contribution in [2.45, 2.75) is 30.2 Å². The van der Waals surface area contributed by atoms with Crippen LogP contribution in [0.2, 0.25) is 0 Å². The number of fused-ring (bicyclic) bond motifs is 4. The summed E-state index contributed by atoms with van der Waals surface area (Å²) in [5.74, 6) is 0.471. The van der Waals surface area contributed by atoms with E-state index in [0.29, 0.717) is 22.3 Å². The molecule has 5 rings (SSSR count). The molecule has 4 aromatic rings. The average Bonchev–Trinajstić information content (AvgIpc) is 3.25. The molecule has 0 saturated heterocycles. The SMILES string of the molecule is Cn1c(SCc2cc(=O)n3cc(Br)ccc3n2)nc2sc3c(c2c1=O)CCC3. The highest BCUT2D eigenvalue weighted by atomic mass is 79.9. The minimum Gasteiger partial charge on any atom is -0.290 e. The van der Waals surface area contributed by atoms with Gasteiger partial charge in [0.2, 0.25) is 0 Å². The number of rotatable bonds is 3. The second-order valence-electron chi connectivity index (χ2n) is 6.75. The van der Waals surface area contributed by atoms with Crippen molar-refractivity contribution in [2.75, 3.05) is 0 Å². The molecule has 0 amide bonds. The van der Waals surface area contributed by atoms with Gasteiger partial charge in [0.15, 0.2) is 5.16 Å². The Kier molecular flexibility index (Phi) is 4.41. The lowest BCUT2D eigenvalue weighted by Crippen LogP contribution is -2.20. The summed E-state index contributed by atoms with van der Waals surface area (Å²) < 4.78 is 3.94. The highest BCUT2D eigenvalue weighted by Gasteiger charge is 2.22. The summed E-state index contributed by atoms with van der Waals surface area (Å²) in [6.07, 6.45) is 4.84. The molecule has 0 fully saturated rings. The molecule has 142 valence electrons. The monoisotopic (exact) mass is 474 g/mol. The van der Waals surface area contributed by atoms with E-state index in [1.54, 1.807) is 35.2 Å². The zero-order valence-electron chi connectivity index (χ0n) is 14.9. The van der Waals surface area contributed by atoms with Crippen LogP contribution in [-0.2, 0) is 25.6 Å². The Morgan fingerprint density at radius 1 is 1.25 bits per heavy atom. The Hall–Kier alpha value is -1.97. The van der Waals surface area contributed by atoms with Crippen LogP contribution in [0.5, 0.6) is 0 Å². The maximum atomic E-state index is 12.9. The van der Waals surface area contributed by atoms with Crippen molar-refractivity contribution in [3.63, 3.8) is 0 Å². The first-order valence-corrected chi connectivity index (χ1v) is 11.4. The minimum absolute atomic E-state index is 0.0169. The average molecular weight is 475 g/mol. The Morgan fingerprint density at radius 3 is 2.96 bits per heavy atom. The summed E-state index contributed by atoms with van der Waals surface area (Å²) in [7, 11) is 1.76. The number of nitrogens with zero attached hydrogens (tertiary/aromatic N) is 4. The van der Waals surface area contributed by atoms with E-state index in [9.17, 15) is 9.59 Å². The van der Waals surface area contributed by atoms with Gasteiger partial charge in [0, 0.05) is 34.4 Å². The molecule has 1 aliphatic carbocycles. The van der Waals surface area contributed by atoms with Gasteiger partial charge in [-0.05, 0) is 52.9 Å². The van der Waals surface area contributed by atoms with Crippen LogP contribution in [-0.4, -0.2) is 18.9 Å². The second kappa shape index (κ2) is 6.82. The molecule has 0 spiro atoms. The predicted octanol–water partition coefficient (Wildman–Crippen LogP) is 3.55. The molecule has 9 heteroatoms. The van der Waals surface area contributed by atoms with Crippen LogP contribution in [0.3, 0.4) is 0 Å². The first kappa shape index (κ1) is 18.1. The third-order valence-electron chi connectivity index (χ3n) is 4.93. The predicted molar refractivity (Wildman–Crippen MR) is 116 cm³/mol. The third-order valence-corrected chi connectivity index (χ3v) is 7.65. The molecule has 28 heavy (non-hydrogen) atoms. The van der Waals surface area contributed by atoms with E-state index >= 15 is 0 Å². The van der Waals surface area contributed by atoms with Gasteiger partial charge in [-0.15, -0.1) is 11.3 Å². The maximum absolute atomic E-state index is 12.9. The van der Waals surface area contributed by atoms with Gasteiger partial charge in [-0.2, -0.15) is 0 Å².